The molecule has 1 amide bonds. The maximum Gasteiger partial charge on any atom is 0.296 e. The molecule has 0 radical (unpaired) electrons. The molecule has 2 heterocycles. The van der Waals surface area contributed by atoms with Crippen LogP contribution in [0.5, 0.6) is 0 Å². The number of aromatic nitrogens is 2. The second-order valence-electron chi connectivity index (χ2n) is 8.53. The molecule has 0 bridgehead atoms. The zero-order valence-corrected chi connectivity index (χ0v) is 22.5. The topological polar surface area (TPSA) is 50.5 Å². The van der Waals surface area contributed by atoms with Crippen LogP contribution in [0.2, 0.25) is 5.02 Å². The highest BCUT2D eigenvalue weighted by atomic mass is 79.9. The maximum absolute atomic E-state index is 13.7. The third kappa shape index (κ3) is 4.53. The molecule has 1 aromatic heterocycles. The molecule has 34 heavy (non-hydrogen) atoms. The Labute approximate surface area is 220 Å². The second-order valence-corrected chi connectivity index (χ2v) is 10.8. The van der Waals surface area contributed by atoms with Crippen LogP contribution < -0.4 is 0 Å². The third-order valence-electron chi connectivity index (χ3n) is 6.38. The Hall–Kier alpha value is -2.22. The van der Waals surface area contributed by atoms with Gasteiger partial charge in [0.05, 0.1) is 16.8 Å². The standard InChI is InChI=1S/C26H23Br2ClN4O/c1-2-32-15-22(29)24(30-32)26(34)33-25(17-8-12-20(28)13-9-17)21-5-3-4-18(23(21)31-33)14-16-6-10-19(27)11-7-16/h6-15,21,25H,2-5H2,1H3/b18-14-/t21-,25-/m0/s1. The summed E-state index contributed by atoms with van der Waals surface area (Å²) >= 11 is 13.4. The molecule has 0 saturated heterocycles. The second kappa shape index (κ2) is 9.80. The fourth-order valence-electron chi connectivity index (χ4n) is 4.73. The van der Waals surface area contributed by atoms with Gasteiger partial charge in [-0.2, -0.15) is 10.2 Å². The van der Waals surface area contributed by atoms with Crippen LogP contribution >= 0.6 is 43.5 Å². The summed E-state index contributed by atoms with van der Waals surface area (Å²) < 4.78 is 3.72. The summed E-state index contributed by atoms with van der Waals surface area (Å²) in [5.41, 5.74) is 4.59. The van der Waals surface area contributed by atoms with Crippen molar-refractivity contribution in [1.29, 1.82) is 0 Å². The molecule has 1 fully saturated rings. The van der Waals surface area contributed by atoms with Crippen molar-refractivity contribution in [3.8, 4) is 0 Å². The predicted molar refractivity (Wildman–Crippen MR) is 143 cm³/mol. The van der Waals surface area contributed by atoms with E-state index in [4.69, 9.17) is 16.7 Å². The summed E-state index contributed by atoms with van der Waals surface area (Å²) in [6, 6.07) is 16.2. The van der Waals surface area contributed by atoms with E-state index in [1.807, 2.05) is 31.2 Å². The smallest absolute Gasteiger partial charge is 0.271 e. The molecular weight excluding hydrogens is 580 g/mol. The summed E-state index contributed by atoms with van der Waals surface area (Å²) in [5.74, 6) is -0.150. The van der Waals surface area contributed by atoms with Gasteiger partial charge in [-0.3, -0.25) is 9.48 Å². The fourth-order valence-corrected chi connectivity index (χ4v) is 5.49. The van der Waals surface area contributed by atoms with Crippen molar-refractivity contribution >= 4 is 61.2 Å². The Morgan fingerprint density at radius 2 is 1.79 bits per heavy atom. The van der Waals surface area contributed by atoms with Crippen molar-refractivity contribution in [1.82, 2.24) is 14.8 Å². The molecule has 5 nitrogen and oxygen atoms in total. The summed E-state index contributed by atoms with van der Waals surface area (Å²) in [6.45, 7) is 2.60. The minimum Gasteiger partial charge on any atom is -0.271 e. The molecule has 0 N–H and O–H groups in total. The first-order valence-electron chi connectivity index (χ1n) is 11.3. The highest BCUT2D eigenvalue weighted by Crippen LogP contribution is 2.45. The van der Waals surface area contributed by atoms with E-state index in [1.165, 1.54) is 5.57 Å². The van der Waals surface area contributed by atoms with E-state index in [0.29, 0.717) is 11.6 Å². The van der Waals surface area contributed by atoms with Gasteiger partial charge in [-0.25, -0.2) is 5.01 Å². The van der Waals surface area contributed by atoms with E-state index in [-0.39, 0.29) is 23.6 Å². The summed E-state index contributed by atoms with van der Waals surface area (Å²) in [4.78, 5) is 13.7. The first kappa shape index (κ1) is 23.5. The van der Waals surface area contributed by atoms with Crippen LogP contribution in [0.4, 0.5) is 0 Å². The molecular formula is C26H23Br2ClN4O. The van der Waals surface area contributed by atoms with Crippen LogP contribution in [-0.4, -0.2) is 26.4 Å². The zero-order chi connectivity index (χ0) is 23.8. The van der Waals surface area contributed by atoms with Crippen molar-refractivity contribution < 1.29 is 4.79 Å². The van der Waals surface area contributed by atoms with Gasteiger partial charge in [0, 0.05) is 27.6 Å². The quantitative estimate of drug-likeness (QED) is 0.310. The van der Waals surface area contributed by atoms with E-state index in [2.05, 4.69) is 67.3 Å². The summed E-state index contributed by atoms with van der Waals surface area (Å²) in [7, 11) is 0. The van der Waals surface area contributed by atoms with Crippen molar-refractivity contribution in [3.63, 3.8) is 0 Å². The molecule has 0 unspecified atom stereocenters. The molecule has 1 saturated carbocycles. The van der Waals surface area contributed by atoms with Gasteiger partial charge in [0.1, 0.15) is 0 Å². The number of carbonyl (C=O) groups is 1. The monoisotopic (exact) mass is 600 g/mol. The van der Waals surface area contributed by atoms with E-state index < -0.39 is 0 Å². The van der Waals surface area contributed by atoms with Crippen LogP contribution in [0, 0.1) is 5.92 Å². The summed E-state index contributed by atoms with van der Waals surface area (Å²) in [6.07, 6.45) is 6.84. The Balaban J connectivity index is 1.58. The van der Waals surface area contributed by atoms with Gasteiger partial charge in [0.15, 0.2) is 5.69 Å². The number of halogens is 3. The molecule has 8 heteroatoms. The first-order valence-corrected chi connectivity index (χ1v) is 13.3. The zero-order valence-electron chi connectivity index (χ0n) is 18.6. The van der Waals surface area contributed by atoms with Gasteiger partial charge in [-0.05, 0) is 73.2 Å². The predicted octanol–water partition coefficient (Wildman–Crippen LogP) is 7.52. The number of amides is 1. The molecule has 5 rings (SSSR count). The van der Waals surface area contributed by atoms with Gasteiger partial charge in [-0.15, -0.1) is 0 Å². The molecule has 1 aliphatic carbocycles. The lowest BCUT2D eigenvalue weighted by Gasteiger charge is -2.29. The largest absolute Gasteiger partial charge is 0.296 e. The fraction of sp³-hybridized carbons (Fsp3) is 0.269. The molecule has 2 aliphatic rings. The van der Waals surface area contributed by atoms with Crippen LogP contribution in [0.1, 0.15) is 53.8 Å². The molecule has 1 aliphatic heterocycles. The summed E-state index contributed by atoms with van der Waals surface area (Å²) in [5, 5.41) is 11.3. The SMILES string of the molecule is CCn1cc(Cl)c(C(=O)N2N=C3/C(=C\c4ccc(Br)cc4)CCC[C@@H]3[C@@H]2c2ccc(Br)cc2)n1. The first-order chi connectivity index (χ1) is 16.4. The number of rotatable bonds is 4. The number of nitrogens with zero attached hydrogens (tertiary/aromatic N) is 4. The van der Waals surface area contributed by atoms with Crippen LogP contribution in [-0.2, 0) is 6.54 Å². The lowest BCUT2D eigenvalue weighted by atomic mass is 9.77. The average molecular weight is 603 g/mol. The lowest BCUT2D eigenvalue weighted by molar-refractivity contribution is 0.0674. The normalized spacial score (nSPS) is 21.0. The molecule has 2 atom stereocenters. The minimum atomic E-state index is -0.269. The van der Waals surface area contributed by atoms with Gasteiger partial charge >= 0.3 is 0 Å². The van der Waals surface area contributed by atoms with Crippen molar-refractivity contribution in [2.24, 2.45) is 11.0 Å². The molecule has 3 aromatic rings. The number of fused-ring (bicyclic) bond motifs is 1. The molecule has 174 valence electrons. The number of aryl methyl sites for hydroxylation is 1. The van der Waals surface area contributed by atoms with Crippen molar-refractivity contribution in [2.75, 3.05) is 0 Å². The number of hydrogen-bond acceptors (Lipinski definition) is 3. The highest BCUT2D eigenvalue weighted by Gasteiger charge is 2.44. The molecule has 0 spiro atoms. The third-order valence-corrected chi connectivity index (χ3v) is 7.71. The Morgan fingerprint density at radius 3 is 2.44 bits per heavy atom. The maximum atomic E-state index is 13.7. The minimum absolute atomic E-state index is 0.118. The average Bonchev–Trinajstić information content (AvgIpc) is 3.42. The van der Waals surface area contributed by atoms with Gasteiger partial charge < -0.3 is 0 Å². The van der Waals surface area contributed by atoms with Gasteiger partial charge in [-0.1, -0.05) is 67.7 Å². The number of allylic oxidation sites excluding steroid dienone is 1. The Bertz CT molecular complexity index is 1280. The number of hydrogen-bond donors (Lipinski definition) is 0. The van der Waals surface area contributed by atoms with E-state index in [0.717, 1.165) is 45.0 Å². The Morgan fingerprint density at radius 1 is 1.12 bits per heavy atom. The highest BCUT2D eigenvalue weighted by molar-refractivity contribution is 9.10. The number of carbonyl (C=O) groups excluding carboxylic acids is 1. The van der Waals surface area contributed by atoms with Gasteiger partial charge in [0.25, 0.3) is 5.91 Å². The van der Waals surface area contributed by atoms with Gasteiger partial charge in [0.2, 0.25) is 0 Å². The number of hydrazone groups is 1. The Kier molecular flexibility index (Phi) is 6.78. The van der Waals surface area contributed by atoms with Crippen LogP contribution in [0.15, 0.2) is 74.3 Å². The van der Waals surface area contributed by atoms with Crippen molar-refractivity contribution in [3.05, 3.63) is 91.1 Å². The lowest BCUT2D eigenvalue weighted by Crippen LogP contribution is -2.32. The van der Waals surface area contributed by atoms with E-state index >= 15 is 0 Å². The van der Waals surface area contributed by atoms with Crippen LogP contribution in [0.25, 0.3) is 6.08 Å². The molecule has 2 aromatic carbocycles. The van der Waals surface area contributed by atoms with E-state index in [1.54, 1.807) is 15.9 Å². The van der Waals surface area contributed by atoms with Crippen molar-refractivity contribution in [2.45, 2.75) is 38.8 Å². The van der Waals surface area contributed by atoms with E-state index in [9.17, 15) is 4.79 Å². The van der Waals surface area contributed by atoms with Crippen LogP contribution in [0.3, 0.4) is 0 Å². The number of benzene rings is 2.